The van der Waals surface area contributed by atoms with Crippen LogP contribution in [0.25, 0.3) is 0 Å². The molecular weight excluding hydrogens is 252 g/mol. The molecule has 1 aliphatic heterocycles. The van der Waals surface area contributed by atoms with E-state index in [1.807, 2.05) is 0 Å². The first-order valence-electron chi connectivity index (χ1n) is 4.85. The number of hydrogen-bond acceptors (Lipinski definition) is 6. The van der Waals surface area contributed by atoms with Gasteiger partial charge in [-0.25, -0.2) is 8.42 Å². The molecule has 0 aromatic carbocycles. The highest BCUT2D eigenvalue weighted by Gasteiger charge is 2.05. The van der Waals surface area contributed by atoms with Crippen LogP contribution in [0.15, 0.2) is 0 Å². The van der Waals surface area contributed by atoms with Gasteiger partial charge in [-0.15, -0.1) is 0 Å². The Morgan fingerprint density at radius 3 is 1.82 bits per heavy atom. The third-order valence-corrected chi connectivity index (χ3v) is 1.96. The molecule has 1 fully saturated rings. The van der Waals surface area contributed by atoms with Crippen LogP contribution in [-0.2, 0) is 24.1 Å². The lowest BCUT2D eigenvalue weighted by Gasteiger charge is -2.18. The van der Waals surface area contributed by atoms with Crippen molar-refractivity contribution >= 4 is 16.3 Å². The summed E-state index contributed by atoms with van der Waals surface area (Å²) in [4.78, 5) is 10.8. The summed E-state index contributed by atoms with van der Waals surface area (Å²) in [6, 6.07) is 0. The molecule has 0 radical (unpaired) electrons. The molecule has 0 bridgehead atoms. The normalized spacial score (nSPS) is 16.0. The number of rotatable bonds is 1. The predicted molar refractivity (Wildman–Crippen MR) is 59.0 cm³/mol. The summed E-state index contributed by atoms with van der Waals surface area (Å²) in [7, 11) is -1.41. The van der Waals surface area contributed by atoms with Crippen LogP contribution in [0.5, 0.6) is 0 Å². The van der Waals surface area contributed by atoms with Crippen LogP contribution in [0.4, 0.5) is 0 Å². The second-order valence-electron chi connectivity index (χ2n) is 3.26. The molecule has 0 aromatic rings. The molecule has 1 saturated heterocycles. The number of ether oxygens (including phenoxy) is 1. The number of quaternary nitrogens is 1. The SMILES string of the molecule is CC(N)=O.COS(=O)(=O)[O-].C[NH+]1CCOCC1. The summed E-state index contributed by atoms with van der Waals surface area (Å²) < 4.78 is 36.1. The molecule has 0 aliphatic carbocycles. The Morgan fingerprint density at radius 2 is 1.71 bits per heavy atom. The summed E-state index contributed by atoms with van der Waals surface area (Å²) in [5.41, 5.74) is 4.47. The number of nitrogens with one attached hydrogen (secondary N) is 1. The average Bonchev–Trinajstić information content (AvgIpc) is 2.18. The van der Waals surface area contributed by atoms with Crippen LogP contribution >= 0.6 is 0 Å². The van der Waals surface area contributed by atoms with Gasteiger partial charge in [0.15, 0.2) is 0 Å². The minimum Gasteiger partial charge on any atom is -0.726 e. The van der Waals surface area contributed by atoms with E-state index >= 15 is 0 Å². The zero-order valence-corrected chi connectivity index (χ0v) is 11.1. The van der Waals surface area contributed by atoms with Gasteiger partial charge < -0.3 is 19.9 Å². The topological polar surface area (TPSA) is 123 Å². The Kier molecular flexibility index (Phi) is 11.4. The molecule has 0 spiro atoms. The van der Waals surface area contributed by atoms with E-state index in [9.17, 15) is 17.8 Å². The molecule has 0 atom stereocenters. The summed E-state index contributed by atoms with van der Waals surface area (Å²) in [5.74, 6) is -0.333. The van der Waals surface area contributed by atoms with E-state index in [4.69, 9.17) is 4.74 Å². The van der Waals surface area contributed by atoms with Gasteiger partial charge in [0.1, 0.15) is 13.1 Å². The molecule has 8 nitrogen and oxygen atoms in total. The highest BCUT2D eigenvalue weighted by Crippen LogP contribution is 1.74. The van der Waals surface area contributed by atoms with E-state index in [2.05, 4.69) is 17.0 Å². The summed E-state index contributed by atoms with van der Waals surface area (Å²) in [6.45, 7) is 5.57. The van der Waals surface area contributed by atoms with Gasteiger partial charge in [-0.2, -0.15) is 0 Å². The third kappa shape index (κ3) is 25.5. The lowest BCUT2D eigenvalue weighted by molar-refractivity contribution is -0.888. The van der Waals surface area contributed by atoms with Gasteiger partial charge in [-0.3, -0.25) is 8.98 Å². The van der Waals surface area contributed by atoms with Crippen molar-refractivity contribution in [2.45, 2.75) is 6.92 Å². The average molecular weight is 272 g/mol. The van der Waals surface area contributed by atoms with E-state index in [-0.39, 0.29) is 5.91 Å². The van der Waals surface area contributed by atoms with E-state index < -0.39 is 10.4 Å². The maximum absolute atomic E-state index is 9.22. The second kappa shape index (κ2) is 10.4. The Hall–Kier alpha value is -0.740. The van der Waals surface area contributed by atoms with Crippen LogP contribution in [0.3, 0.4) is 0 Å². The lowest BCUT2D eigenvalue weighted by atomic mass is 10.5. The first kappa shape index (κ1) is 18.6. The maximum Gasteiger partial charge on any atom is 0.217 e. The number of carbonyl (C=O) groups excluding carboxylic acids is 1. The minimum absolute atomic E-state index is 0.333. The van der Waals surface area contributed by atoms with Crippen LogP contribution in [0, 0.1) is 0 Å². The minimum atomic E-state index is -4.41. The van der Waals surface area contributed by atoms with Crippen molar-refractivity contribution in [3.63, 3.8) is 0 Å². The standard InChI is InChI=1S/C5H11NO.C2H5NO.CH4O4S/c1-6-2-4-7-5-3-6;1-2(3)4;1-5-6(2,3)4/h2-5H2,1H3;1H3,(H2,3,4);1H3,(H,2,3,4). The van der Waals surface area contributed by atoms with Gasteiger partial charge in [0.2, 0.25) is 16.3 Å². The summed E-state index contributed by atoms with van der Waals surface area (Å²) in [5, 5.41) is 0. The molecule has 3 N–H and O–H groups in total. The monoisotopic (exact) mass is 272 g/mol. The molecule has 1 heterocycles. The van der Waals surface area contributed by atoms with Crippen molar-refractivity contribution in [2.75, 3.05) is 40.5 Å². The lowest BCUT2D eigenvalue weighted by Crippen LogP contribution is -3.11. The molecule has 0 unspecified atom stereocenters. The van der Waals surface area contributed by atoms with Gasteiger partial charge in [-0.1, -0.05) is 0 Å². The predicted octanol–water partition coefficient (Wildman–Crippen LogP) is -2.88. The van der Waals surface area contributed by atoms with Gasteiger partial charge in [0.05, 0.1) is 27.4 Å². The van der Waals surface area contributed by atoms with Crippen molar-refractivity contribution in [1.82, 2.24) is 0 Å². The van der Waals surface area contributed by atoms with E-state index in [1.165, 1.54) is 20.0 Å². The van der Waals surface area contributed by atoms with E-state index in [1.54, 1.807) is 4.90 Å². The molecule has 1 aliphatic rings. The van der Waals surface area contributed by atoms with Gasteiger partial charge in [0.25, 0.3) is 0 Å². The molecule has 0 aromatic heterocycles. The zero-order valence-electron chi connectivity index (χ0n) is 10.3. The third-order valence-electron chi connectivity index (χ3n) is 1.55. The number of likely N-dealkylation sites (N-methyl/N-ethyl adjacent to an activating group) is 1. The number of primary amides is 1. The van der Waals surface area contributed by atoms with Crippen LogP contribution in [-0.4, -0.2) is 59.3 Å². The molecule has 9 heteroatoms. The van der Waals surface area contributed by atoms with Gasteiger partial charge in [-0.05, 0) is 0 Å². The Labute approximate surface area is 102 Å². The molecular formula is C8H20N2O6S. The Morgan fingerprint density at radius 1 is 1.41 bits per heavy atom. The van der Waals surface area contributed by atoms with Crippen molar-refractivity contribution in [1.29, 1.82) is 0 Å². The molecule has 104 valence electrons. The first-order chi connectivity index (χ1) is 7.69. The fraction of sp³-hybridized carbons (Fsp3) is 0.875. The fourth-order valence-corrected chi connectivity index (χ4v) is 0.720. The molecule has 17 heavy (non-hydrogen) atoms. The largest absolute Gasteiger partial charge is 0.726 e. The first-order valence-corrected chi connectivity index (χ1v) is 6.19. The van der Waals surface area contributed by atoms with Crippen LogP contribution in [0.2, 0.25) is 0 Å². The molecule has 1 amide bonds. The summed E-state index contributed by atoms with van der Waals surface area (Å²) >= 11 is 0. The molecule has 1 rings (SSSR count). The Bertz CT molecular complexity index is 282. The maximum atomic E-state index is 9.22. The number of morpholine rings is 1. The van der Waals surface area contributed by atoms with E-state index in [0.29, 0.717) is 0 Å². The van der Waals surface area contributed by atoms with Gasteiger partial charge in [0, 0.05) is 6.92 Å². The Balaban J connectivity index is 0. The van der Waals surface area contributed by atoms with Crippen LogP contribution in [0.1, 0.15) is 6.92 Å². The second-order valence-corrected chi connectivity index (χ2v) is 4.40. The number of carbonyl (C=O) groups is 1. The quantitative estimate of drug-likeness (QED) is 0.390. The highest BCUT2D eigenvalue weighted by atomic mass is 32.3. The number of amides is 1. The fourth-order valence-electron chi connectivity index (χ4n) is 0.720. The highest BCUT2D eigenvalue weighted by molar-refractivity contribution is 7.80. The van der Waals surface area contributed by atoms with Crippen molar-refractivity contribution in [2.24, 2.45) is 5.73 Å². The van der Waals surface area contributed by atoms with Crippen LogP contribution < -0.4 is 10.6 Å². The van der Waals surface area contributed by atoms with Crippen molar-refractivity contribution in [3.05, 3.63) is 0 Å². The van der Waals surface area contributed by atoms with Crippen molar-refractivity contribution in [3.8, 4) is 0 Å². The number of hydrogen-bond donors (Lipinski definition) is 2. The summed E-state index contributed by atoms with van der Waals surface area (Å²) in [6.07, 6.45) is 0. The van der Waals surface area contributed by atoms with E-state index in [0.717, 1.165) is 20.3 Å². The number of nitrogens with two attached hydrogens (primary N) is 1. The molecule has 0 saturated carbocycles. The smallest absolute Gasteiger partial charge is 0.217 e. The van der Waals surface area contributed by atoms with Crippen molar-refractivity contribution < 1.29 is 31.6 Å². The van der Waals surface area contributed by atoms with Gasteiger partial charge >= 0.3 is 0 Å². The zero-order chi connectivity index (χ0) is 13.9.